The Bertz CT molecular complexity index is 683. The molecule has 5 nitrogen and oxygen atoms in total. The summed E-state index contributed by atoms with van der Waals surface area (Å²) in [5.41, 5.74) is 0.893. The van der Waals surface area contributed by atoms with Crippen LogP contribution in [0.3, 0.4) is 0 Å². The standard InChI is InChI=1S/C19H26FN5.HI/c1-3-22-19(23-11-15-9-14(10-21)4-7-18(15)20)24-16-8-13(2)25(12-16)17-5-6-17;/h4,7,9,13,16-17H,3,5-6,8,11-12H2,1-2H3,(H2,22,23,24);1H. The van der Waals surface area contributed by atoms with Crippen LogP contribution in [0.4, 0.5) is 4.39 Å². The molecule has 2 N–H and O–H groups in total. The Labute approximate surface area is 172 Å². The second-order valence-electron chi connectivity index (χ2n) is 6.97. The third kappa shape index (κ3) is 5.30. The smallest absolute Gasteiger partial charge is 0.191 e. The summed E-state index contributed by atoms with van der Waals surface area (Å²) < 4.78 is 13.9. The monoisotopic (exact) mass is 471 g/mol. The number of rotatable bonds is 5. The highest BCUT2D eigenvalue weighted by Crippen LogP contribution is 2.33. The molecule has 1 aromatic rings. The first kappa shape index (κ1) is 20.9. The molecule has 0 amide bonds. The van der Waals surface area contributed by atoms with Gasteiger partial charge in [0.15, 0.2) is 5.96 Å². The van der Waals surface area contributed by atoms with E-state index in [1.165, 1.54) is 25.0 Å². The van der Waals surface area contributed by atoms with Crippen LogP contribution >= 0.6 is 24.0 Å². The quantitative estimate of drug-likeness (QED) is 0.394. The molecule has 1 heterocycles. The zero-order valence-electron chi connectivity index (χ0n) is 15.3. The van der Waals surface area contributed by atoms with E-state index in [9.17, 15) is 4.39 Å². The van der Waals surface area contributed by atoms with Crippen LogP contribution in [0, 0.1) is 17.1 Å². The maximum absolute atomic E-state index is 13.9. The van der Waals surface area contributed by atoms with Crippen molar-refractivity contribution in [3.8, 4) is 6.07 Å². The molecular weight excluding hydrogens is 444 g/mol. The van der Waals surface area contributed by atoms with Gasteiger partial charge >= 0.3 is 0 Å². The van der Waals surface area contributed by atoms with E-state index in [-0.39, 0.29) is 36.3 Å². The van der Waals surface area contributed by atoms with Crippen LogP contribution in [0.25, 0.3) is 0 Å². The van der Waals surface area contributed by atoms with Gasteiger partial charge in [-0.15, -0.1) is 24.0 Å². The van der Waals surface area contributed by atoms with Crippen molar-refractivity contribution in [1.29, 1.82) is 5.26 Å². The van der Waals surface area contributed by atoms with E-state index >= 15 is 0 Å². The minimum atomic E-state index is -0.326. The highest BCUT2D eigenvalue weighted by atomic mass is 127. The topological polar surface area (TPSA) is 63.5 Å². The molecule has 2 atom stereocenters. The first-order valence-corrected chi connectivity index (χ1v) is 9.09. The molecule has 0 aromatic heterocycles. The molecule has 0 radical (unpaired) electrons. The van der Waals surface area contributed by atoms with Gasteiger partial charge in [-0.05, 0) is 51.3 Å². The van der Waals surface area contributed by atoms with Crippen LogP contribution in [0.2, 0.25) is 0 Å². The number of aliphatic imine (C=N–C) groups is 1. The lowest BCUT2D eigenvalue weighted by Gasteiger charge is -2.20. The lowest BCUT2D eigenvalue weighted by molar-refractivity contribution is 0.256. The summed E-state index contributed by atoms with van der Waals surface area (Å²) in [6, 6.07) is 8.15. The predicted octanol–water partition coefficient (Wildman–Crippen LogP) is 3.00. The van der Waals surface area contributed by atoms with Gasteiger partial charge in [0.25, 0.3) is 0 Å². The molecule has 1 saturated heterocycles. The highest BCUT2D eigenvalue weighted by Gasteiger charge is 2.38. The van der Waals surface area contributed by atoms with Crippen molar-refractivity contribution in [2.75, 3.05) is 13.1 Å². The average Bonchev–Trinajstić information content (AvgIpc) is 3.37. The molecule has 1 aliphatic heterocycles. The van der Waals surface area contributed by atoms with E-state index < -0.39 is 0 Å². The number of guanidine groups is 1. The maximum atomic E-state index is 13.9. The van der Waals surface area contributed by atoms with Crippen LogP contribution in [0.5, 0.6) is 0 Å². The first-order chi connectivity index (χ1) is 12.1. The number of likely N-dealkylation sites (tertiary alicyclic amines) is 1. The molecule has 1 aliphatic carbocycles. The molecule has 0 bridgehead atoms. The third-order valence-electron chi connectivity index (χ3n) is 4.91. The first-order valence-electron chi connectivity index (χ1n) is 9.09. The van der Waals surface area contributed by atoms with Gasteiger partial charge in [0.1, 0.15) is 5.82 Å². The summed E-state index contributed by atoms with van der Waals surface area (Å²) >= 11 is 0. The number of halogens is 2. The summed E-state index contributed by atoms with van der Waals surface area (Å²) in [4.78, 5) is 7.10. The van der Waals surface area contributed by atoms with E-state index in [2.05, 4.69) is 27.4 Å². The van der Waals surface area contributed by atoms with Crippen molar-refractivity contribution in [2.24, 2.45) is 4.99 Å². The molecule has 1 aromatic carbocycles. The number of nitrogens with zero attached hydrogens (tertiary/aromatic N) is 3. The number of nitrogens with one attached hydrogen (secondary N) is 2. The van der Waals surface area contributed by atoms with Crippen LogP contribution in [-0.2, 0) is 6.54 Å². The van der Waals surface area contributed by atoms with Crippen molar-refractivity contribution in [3.63, 3.8) is 0 Å². The van der Waals surface area contributed by atoms with Crippen LogP contribution in [-0.4, -0.2) is 42.1 Å². The summed E-state index contributed by atoms with van der Waals surface area (Å²) in [5.74, 6) is 0.382. The number of benzene rings is 1. The van der Waals surface area contributed by atoms with E-state index in [0.717, 1.165) is 25.6 Å². The Hall–Kier alpha value is -1.40. The lowest BCUT2D eigenvalue weighted by Crippen LogP contribution is -2.44. The van der Waals surface area contributed by atoms with Gasteiger partial charge in [-0.1, -0.05) is 0 Å². The lowest BCUT2D eigenvalue weighted by atomic mass is 10.1. The van der Waals surface area contributed by atoms with E-state index in [1.54, 1.807) is 6.07 Å². The summed E-state index contributed by atoms with van der Waals surface area (Å²) in [6.07, 6.45) is 3.73. The molecule has 7 heteroatoms. The molecular formula is C19H27FIN5. The van der Waals surface area contributed by atoms with E-state index in [4.69, 9.17) is 5.26 Å². The Morgan fingerprint density at radius 2 is 2.19 bits per heavy atom. The molecule has 2 aliphatic rings. The van der Waals surface area contributed by atoms with Crippen LogP contribution in [0.1, 0.15) is 44.2 Å². The van der Waals surface area contributed by atoms with Crippen molar-refractivity contribution < 1.29 is 4.39 Å². The summed E-state index contributed by atoms with van der Waals surface area (Å²) in [6.45, 7) is 6.30. The zero-order valence-corrected chi connectivity index (χ0v) is 17.7. The maximum Gasteiger partial charge on any atom is 0.191 e. The van der Waals surface area contributed by atoms with Gasteiger partial charge < -0.3 is 10.6 Å². The Morgan fingerprint density at radius 1 is 1.42 bits per heavy atom. The van der Waals surface area contributed by atoms with Crippen molar-refractivity contribution in [1.82, 2.24) is 15.5 Å². The number of nitriles is 1. The fourth-order valence-electron chi connectivity index (χ4n) is 3.52. The SMILES string of the molecule is CCNC(=NCc1cc(C#N)ccc1F)NC1CC(C)N(C2CC2)C1.I. The highest BCUT2D eigenvalue weighted by molar-refractivity contribution is 14.0. The average molecular weight is 471 g/mol. The summed E-state index contributed by atoms with van der Waals surface area (Å²) in [5, 5.41) is 15.7. The van der Waals surface area contributed by atoms with Gasteiger partial charge in [0, 0.05) is 36.8 Å². The van der Waals surface area contributed by atoms with Crippen molar-refractivity contribution >= 4 is 29.9 Å². The molecule has 2 fully saturated rings. The second kappa shape index (κ2) is 9.51. The largest absolute Gasteiger partial charge is 0.357 e. The Morgan fingerprint density at radius 3 is 2.85 bits per heavy atom. The zero-order chi connectivity index (χ0) is 17.8. The fourth-order valence-corrected chi connectivity index (χ4v) is 3.52. The molecule has 26 heavy (non-hydrogen) atoms. The van der Waals surface area contributed by atoms with Gasteiger partial charge in [-0.3, -0.25) is 4.90 Å². The predicted molar refractivity (Wildman–Crippen MR) is 112 cm³/mol. The van der Waals surface area contributed by atoms with Gasteiger partial charge in [-0.2, -0.15) is 5.26 Å². The number of hydrogen-bond acceptors (Lipinski definition) is 3. The van der Waals surface area contributed by atoms with E-state index in [0.29, 0.717) is 29.2 Å². The molecule has 3 rings (SSSR count). The number of hydrogen-bond donors (Lipinski definition) is 2. The third-order valence-corrected chi connectivity index (χ3v) is 4.91. The minimum absolute atomic E-state index is 0. The van der Waals surface area contributed by atoms with Crippen LogP contribution in [0.15, 0.2) is 23.2 Å². The van der Waals surface area contributed by atoms with E-state index in [1.807, 2.05) is 13.0 Å². The second-order valence-corrected chi connectivity index (χ2v) is 6.97. The Kier molecular flexibility index (Phi) is 7.65. The molecule has 1 saturated carbocycles. The molecule has 142 valence electrons. The Balaban J connectivity index is 0.00000243. The molecule has 2 unspecified atom stereocenters. The normalized spacial score (nSPS) is 23.2. The van der Waals surface area contributed by atoms with Crippen molar-refractivity contribution in [2.45, 2.75) is 57.8 Å². The summed E-state index contributed by atoms with van der Waals surface area (Å²) in [7, 11) is 0. The molecule has 0 spiro atoms. The van der Waals surface area contributed by atoms with Gasteiger partial charge in [0.05, 0.1) is 18.2 Å². The van der Waals surface area contributed by atoms with Crippen LogP contribution < -0.4 is 10.6 Å². The van der Waals surface area contributed by atoms with Gasteiger partial charge in [-0.25, -0.2) is 9.38 Å². The minimum Gasteiger partial charge on any atom is -0.357 e. The van der Waals surface area contributed by atoms with Crippen molar-refractivity contribution in [3.05, 3.63) is 35.1 Å². The van der Waals surface area contributed by atoms with Gasteiger partial charge in [0.2, 0.25) is 0 Å². The fraction of sp³-hybridized carbons (Fsp3) is 0.579.